The lowest BCUT2D eigenvalue weighted by Gasteiger charge is -2.40. The fourth-order valence-corrected chi connectivity index (χ4v) is 4.95. The summed E-state index contributed by atoms with van der Waals surface area (Å²) in [6, 6.07) is 12.8. The number of nitrogens with zero attached hydrogens (tertiary/aromatic N) is 2. The van der Waals surface area contributed by atoms with Crippen LogP contribution in [0.3, 0.4) is 0 Å². The number of hydrogen-bond donors (Lipinski definition) is 1. The average molecular weight is 412 g/mol. The first-order chi connectivity index (χ1) is 14.6. The molecule has 6 heteroatoms. The molecule has 5 nitrogen and oxygen atoms in total. The van der Waals surface area contributed by atoms with Crippen molar-refractivity contribution in [3.05, 3.63) is 53.8 Å². The zero-order chi connectivity index (χ0) is 21.1. The molecular formula is C24H30FN3O2. The van der Waals surface area contributed by atoms with Gasteiger partial charge in [-0.3, -0.25) is 0 Å². The van der Waals surface area contributed by atoms with Gasteiger partial charge in [0.2, 0.25) is 0 Å². The fraction of sp³-hybridized carbons (Fsp3) is 0.458. The highest BCUT2D eigenvalue weighted by Gasteiger charge is 2.44. The molecule has 1 fully saturated rings. The molecule has 2 aromatic rings. The molecule has 3 unspecified atom stereocenters. The molecular weight excluding hydrogens is 381 g/mol. The number of halogens is 1. The summed E-state index contributed by atoms with van der Waals surface area (Å²) in [6.07, 6.45) is 3.02. The number of aldehydes is 1. The molecule has 0 spiro atoms. The van der Waals surface area contributed by atoms with E-state index in [0.717, 1.165) is 44.4 Å². The van der Waals surface area contributed by atoms with Crippen molar-refractivity contribution >= 4 is 17.7 Å². The Bertz CT molecular complexity index is 873. The number of carbonyl (C=O) groups is 1. The van der Waals surface area contributed by atoms with Crippen LogP contribution in [0.25, 0.3) is 0 Å². The lowest BCUT2D eigenvalue weighted by molar-refractivity contribution is -0.108. The molecule has 0 radical (unpaired) electrons. The summed E-state index contributed by atoms with van der Waals surface area (Å²) in [5, 5.41) is 3.31. The van der Waals surface area contributed by atoms with Gasteiger partial charge in [-0.15, -0.1) is 0 Å². The van der Waals surface area contributed by atoms with E-state index in [0.29, 0.717) is 24.3 Å². The zero-order valence-corrected chi connectivity index (χ0v) is 17.7. The number of fused-ring (bicyclic) bond motifs is 3. The van der Waals surface area contributed by atoms with Crippen LogP contribution in [0.1, 0.15) is 31.2 Å². The Balaban J connectivity index is 1.40. The number of ether oxygens (including phenoxy) is 1. The minimum absolute atomic E-state index is 0.135. The molecule has 2 heterocycles. The van der Waals surface area contributed by atoms with Crippen LogP contribution in [0.15, 0.2) is 42.5 Å². The Morgan fingerprint density at radius 3 is 2.80 bits per heavy atom. The predicted octanol–water partition coefficient (Wildman–Crippen LogP) is 3.90. The van der Waals surface area contributed by atoms with Crippen LogP contribution in [-0.2, 0) is 4.79 Å². The molecule has 0 saturated carbocycles. The van der Waals surface area contributed by atoms with E-state index in [1.54, 1.807) is 12.1 Å². The van der Waals surface area contributed by atoms with Crippen molar-refractivity contribution in [2.24, 2.45) is 0 Å². The first-order valence-electron chi connectivity index (χ1n) is 10.8. The number of benzene rings is 2. The Kier molecular flexibility index (Phi) is 6.23. The number of nitrogens with one attached hydrogen (secondary N) is 1. The number of carbonyl (C=O) groups excluding carboxylic acids is 1. The summed E-state index contributed by atoms with van der Waals surface area (Å²) in [5.41, 5.74) is 3.62. The van der Waals surface area contributed by atoms with Crippen molar-refractivity contribution in [2.75, 3.05) is 43.5 Å². The summed E-state index contributed by atoms with van der Waals surface area (Å²) in [6.45, 7) is 5.58. The quantitative estimate of drug-likeness (QED) is 0.527. The van der Waals surface area contributed by atoms with Gasteiger partial charge in [0.25, 0.3) is 0 Å². The van der Waals surface area contributed by atoms with Gasteiger partial charge in [-0.25, -0.2) is 4.39 Å². The van der Waals surface area contributed by atoms with Crippen molar-refractivity contribution in [3.8, 4) is 5.75 Å². The maximum atomic E-state index is 13.0. The normalized spacial score (nSPS) is 21.6. The number of rotatable bonds is 8. The monoisotopic (exact) mass is 411 g/mol. The Morgan fingerprint density at radius 2 is 2.07 bits per heavy atom. The van der Waals surface area contributed by atoms with Gasteiger partial charge in [-0.05, 0) is 55.7 Å². The zero-order valence-electron chi connectivity index (χ0n) is 17.7. The molecule has 3 atom stereocenters. The molecule has 160 valence electrons. The van der Waals surface area contributed by atoms with Gasteiger partial charge in [0.05, 0.1) is 24.0 Å². The van der Waals surface area contributed by atoms with E-state index in [2.05, 4.69) is 33.3 Å². The highest BCUT2D eigenvalue weighted by atomic mass is 19.1. The topological polar surface area (TPSA) is 44.8 Å². The van der Waals surface area contributed by atoms with Crippen LogP contribution in [0.2, 0.25) is 0 Å². The lowest BCUT2D eigenvalue weighted by atomic mass is 9.88. The van der Waals surface area contributed by atoms with Gasteiger partial charge in [0, 0.05) is 38.6 Å². The standard InChI is InChI=1S/C24H30FN3O2/c1-17(16-29)28-23-11-13-27(12-4-14-30-19-9-7-18(25)8-10-19)15-21(23)20-5-3-6-22(26-2)24(20)28/h3,5-10,16-17,21,23,26H,4,11-15H2,1-2H3. The van der Waals surface area contributed by atoms with Gasteiger partial charge in [-0.2, -0.15) is 0 Å². The van der Waals surface area contributed by atoms with E-state index < -0.39 is 0 Å². The molecule has 0 amide bonds. The first-order valence-corrected chi connectivity index (χ1v) is 10.8. The predicted molar refractivity (Wildman–Crippen MR) is 118 cm³/mol. The van der Waals surface area contributed by atoms with Crippen LogP contribution in [0.4, 0.5) is 15.8 Å². The van der Waals surface area contributed by atoms with Gasteiger partial charge >= 0.3 is 0 Å². The molecule has 0 aliphatic carbocycles. The highest BCUT2D eigenvalue weighted by molar-refractivity contribution is 5.82. The van der Waals surface area contributed by atoms with Crippen molar-refractivity contribution in [1.82, 2.24) is 4.90 Å². The van der Waals surface area contributed by atoms with E-state index >= 15 is 0 Å². The fourth-order valence-electron chi connectivity index (χ4n) is 4.95. The molecule has 2 aliphatic rings. The van der Waals surface area contributed by atoms with Gasteiger partial charge in [-0.1, -0.05) is 12.1 Å². The Labute approximate surface area is 177 Å². The Hall–Kier alpha value is -2.60. The maximum absolute atomic E-state index is 13.0. The summed E-state index contributed by atoms with van der Waals surface area (Å²) < 4.78 is 18.7. The van der Waals surface area contributed by atoms with Crippen molar-refractivity contribution in [3.63, 3.8) is 0 Å². The van der Waals surface area contributed by atoms with Crippen LogP contribution in [0, 0.1) is 5.82 Å². The van der Waals surface area contributed by atoms with Crippen molar-refractivity contribution < 1.29 is 13.9 Å². The summed E-state index contributed by atoms with van der Waals surface area (Å²) in [7, 11) is 1.94. The number of piperidine rings is 1. The third-order valence-corrected chi connectivity index (χ3v) is 6.35. The Morgan fingerprint density at radius 1 is 1.27 bits per heavy atom. The average Bonchev–Trinajstić information content (AvgIpc) is 3.11. The number of likely N-dealkylation sites (tertiary alicyclic amines) is 1. The maximum Gasteiger partial charge on any atom is 0.142 e. The van der Waals surface area contributed by atoms with Gasteiger partial charge in [0.1, 0.15) is 17.9 Å². The lowest BCUT2D eigenvalue weighted by Crippen LogP contribution is -2.49. The summed E-state index contributed by atoms with van der Waals surface area (Å²) >= 11 is 0. The van der Waals surface area contributed by atoms with E-state index in [9.17, 15) is 9.18 Å². The van der Waals surface area contributed by atoms with Gasteiger partial charge in [0.15, 0.2) is 0 Å². The summed E-state index contributed by atoms with van der Waals surface area (Å²) in [5.74, 6) is 0.863. The molecule has 1 N–H and O–H groups in total. The molecule has 1 saturated heterocycles. The molecule has 2 aliphatic heterocycles. The number of anilines is 2. The third-order valence-electron chi connectivity index (χ3n) is 6.35. The van der Waals surface area contributed by atoms with E-state index in [1.165, 1.54) is 23.4 Å². The van der Waals surface area contributed by atoms with E-state index in [4.69, 9.17) is 4.74 Å². The first kappa shape index (κ1) is 20.7. The molecule has 0 bridgehead atoms. The molecule has 0 aromatic heterocycles. The van der Waals surface area contributed by atoms with Crippen LogP contribution in [-0.4, -0.2) is 56.6 Å². The van der Waals surface area contributed by atoms with Crippen LogP contribution < -0.4 is 15.0 Å². The largest absolute Gasteiger partial charge is 0.494 e. The highest BCUT2D eigenvalue weighted by Crippen LogP contribution is 2.48. The number of para-hydroxylation sites is 1. The van der Waals surface area contributed by atoms with Gasteiger partial charge < -0.3 is 24.6 Å². The second-order valence-electron chi connectivity index (χ2n) is 8.20. The second-order valence-corrected chi connectivity index (χ2v) is 8.20. The third kappa shape index (κ3) is 4.01. The molecule has 4 rings (SSSR count). The molecule has 30 heavy (non-hydrogen) atoms. The van der Waals surface area contributed by atoms with Crippen LogP contribution >= 0.6 is 0 Å². The van der Waals surface area contributed by atoms with Crippen molar-refractivity contribution in [1.29, 1.82) is 0 Å². The minimum Gasteiger partial charge on any atom is -0.494 e. The van der Waals surface area contributed by atoms with Crippen LogP contribution in [0.5, 0.6) is 5.75 Å². The minimum atomic E-state index is -0.249. The van der Waals surface area contributed by atoms with Crippen molar-refractivity contribution in [2.45, 2.75) is 37.8 Å². The van der Waals surface area contributed by atoms with E-state index in [1.807, 2.05) is 14.0 Å². The smallest absolute Gasteiger partial charge is 0.142 e. The van der Waals surface area contributed by atoms with E-state index in [-0.39, 0.29) is 11.9 Å². The SMILES string of the molecule is CNc1cccc2c1N(C(C)C=O)C1CCN(CCCOc3ccc(F)cc3)CC21. The molecule has 2 aromatic carbocycles. The summed E-state index contributed by atoms with van der Waals surface area (Å²) in [4.78, 5) is 16.5. The second kappa shape index (κ2) is 9.04. The number of hydrogen-bond acceptors (Lipinski definition) is 5.